The topological polar surface area (TPSA) is 68.2 Å². The Kier molecular flexibility index (Phi) is 3.00. The normalized spacial score (nSPS) is 12.9. The molecule has 0 fully saturated rings. The van der Waals surface area contributed by atoms with Crippen LogP contribution in [0.2, 0.25) is 0 Å². The minimum Gasteiger partial charge on any atom is -0.439 e. The van der Waals surface area contributed by atoms with Crippen molar-refractivity contribution in [3.05, 3.63) is 36.9 Å². The average Bonchev–Trinajstić information content (AvgIpc) is 3.05. The van der Waals surface area contributed by atoms with E-state index in [-0.39, 0.29) is 6.04 Å². The van der Waals surface area contributed by atoms with Crippen molar-refractivity contribution in [1.29, 1.82) is 0 Å². The van der Waals surface area contributed by atoms with Crippen LogP contribution in [0.5, 0.6) is 0 Å². The van der Waals surface area contributed by atoms with Crippen molar-refractivity contribution >= 4 is 5.52 Å². The Morgan fingerprint density at radius 1 is 1.37 bits per heavy atom. The number of hydrogen-bond acceptors (Lipinski definition) is 5. The monoisotopic (exact) mass is 257 g/mol. The quantitative estimate of drug-likeness (QED) is 0.774. The highest BCUT2D eigenvalue weighted by atomic mass is 16.4. The maximum atomic E-state index is 5.80. The van der Waals surface area contributed by atoms with Crippen LogP contribution in [-0.4, -0.2) is 26.1 Å². The van der Waals surface area contributed by atoms with Gasteiger partial charge in [0.15, 0.2) is 5.76 Å². The Morgan fingerprint density at radius 3 is 3.11 bits per heavy atom. The molecule has 98 valence electrons. The maximum absolute atomic E-state index is 5.80. The zero-order valence-electron chi connectivity index (χ0n) is 10.9. The van der Waals surface area contributed by atoms with Crippen molar-refractivity contribution in [2.24, 2.45) is 0 Å². The van der Waals surface area contributed by atoms with Gasteiger partial charge >= 0.3 is 0 Å². The van der Waals surface area contributed by atoms with E-state index >= 15 is 0 Å². The molecule has 0 aliphatic rings. The van der Waals surface area contributed by atoms with Crippen LogP contribution in [0, 0.1) is 0 Å². The number of fused-ring (bicyclic) bond motifs is 1. The van der Waals surface area contributed by atoms with E-state index in [0.29, 0.717) is 11.7 Å². The summed E-state index contributed by atoms with van der Waals surface area (Å²) in [5, 5.41) is 7.53. The standard InChI is InChI=1S/C13H15N5O/c1-3-15-9(2)13-16-8-12(19-13)10-6-17-18-5-4-14-7-11(10)18/h4-9,15H,3H2,1-2H3. The molecular weight excluding hydrogens is 242 g/mol. The Morgan fingerprint density at radius 2 is 2.26 bits per heavy atom. The number of hydrogen-bond donors (Lipinski definition) is 1. The Hall–Kier alpha value is -2.21. The second-order valence-corrected chi connectivity index (χ2v) is 4.31. The lowest BCUT2D eigenvalue weighted by Gasteiger charge is -2.06. The second kappa shape index (κ2) is 4.81. The minimum atomic E-state index is 0.0960. The molecule has 6 nitrogen and oxygen atoms in total. The minimum absolute atomic E-state index is 0.0960. The maximum Gasteiger partial charge on any atom is 0.211 e. The highest BCUT2D eigenvalue weighted by molar-refractivity contribution is 5.75. The second-order valence-electron chi connectivity index (χ2n) is 4.31. The largest absolute Gasteiger partial charge is 0.439 e. The molecule has 1 N–H and O–H groups in total. The first-order valence-corrected chi connectivity index (χ1v) is 6.26. The fourth-order valence-corrected chi connectivity index (χ4v) is 2.03. The van der Waals surface area contributed by atoms with E-state index in [0.717, 1.165) is 17.6 Å². The first-order valence-electron chi connectivity index (χ1n) is 6.26. The van der Waals surface area contributed by atoms with Gasteiger partial charge in [0.05, 0.1) is 35.7 Å². The van der Waals surface area contributed by atoms with Gasteiger partial charge in [0.2, 0.25) is 5.89 Å². The van der Waals surface area contributed by atoms with Crippen LogP contribution in [0.25, 0.3) is 16.8 Å². The third kappa shape index (κ3) is 2.10. The van der Waals surface area contributed by atoms with Crippen LogP contribution in [0.1, 0.15) is 25.8 Å². The van der Waals surface area contributed by atoms with E-state index in [9.17, 15) is 0 Å². The van der Waals surface area contributed by atoms with Crippen LogP contribution < -0.4 is 5.32 Å². The summed E-state index contributed by atoms with van der Waals surface area (Å²) in [6.07, 6.45) is 8.75. The van der Waals surface area contributed by atoms with Crippen LogP contribution in [0.4, 0.5) is 0 Å². The summed E-state index contributed by atoms with van der Waals surface area (Å²) in [5.41, 5.74) is 1.80. The summed E-state index contributed by atoms with van der Waals surface area (Å²) >= 11 is 0. The van der Waals surface area contributed by atoms with E-state index in [1.165, 1.54) is 0 Å². The molecule has 0 saturated carbocycles. The molecule has 3 heterocycles. The van der Waals surface area contributed by atoms with Gasteiger partial charge in [-0.05, 0) is 13.5 Å². The fraction of sp³-hybridized carbons (Fsp3) is 0.308. The molecular formula is C13H15N5O. The van der Waals surface area contributed by atoms with Crippen LogP contribution in [0.3, 0.4) is 0 Å². The third-order valence-electron chi connectivity index (χ3n) is 2.99. The molecule has 0 saturated heterocycles. The summed E-state index contributed by atoms with van der Waals surface area (Å²) in [4.78, 5) is 8.42. The van der Waals surface area contributed by atoms with E-state index in [1.54, 1.807) is 35.5 Å². The molecule has 0 radical (unpaired) electrons. The van der Waals surface area contributed by atoms with Crippen molar-refractivity contribution in [1.82, 2.24) is 24.9 Å². The first kappa shape index (κ1) is 11.9. The highest BCUT2D eigenvalue weighted by Gasteiger charge is 2.15. The van der Waals surface area contributed by atoms with Crippen LogP contribution in [-0.2, 0) is 0 Å². The van der Waals surface area contributed by atoms with Gasteiger partial charge in [0.1, 0.15) is 0 Å². The molecule has 6 heteroatoms. The number of nitrogens with one attached hydrogen (secondary N) is 1. The Balaban J connectivity index is 1.98. The van der Waals surface area contributed by atoms with Crippen molar-refractivity contribution in [3.8, 4) is 11.3 Å². The Bertz CT molecular complexity index is 687. The summed E-state index contributed by atoms with van der Waals surface area (Å²) in [6.45, 7) is 4.95. The molecule has 0 aromatic carbocycles. The first-order chi connectivity index (χ1) is 9.29. The lowest BCUT2D eigenvalue weighted by molar-refractivity contribution is 0.429. The predicted molar refractivity (Wildman–Crippen MR) is 70.6 cm³/mol. The molecule has 19 heavy (non-hydrogen) atoms. The van der Waals surface area contributed by atoms with Gasteiger partial charge in [-0.2, -0.15) is 5.10 Å². The van der Waals surface area contributed by atoms with Gasteiger partial charge in [-0.25, -0.2) is 9.50 Å². The molecule has 3 aromatic heterocycles. The molecule has 0 aliphatic carbocycles. The molecule has 3 rings (SSSR count). The van der Waals surface area contributed by atoms with Crippen molar-refractivity contribution in [3.63, 3.8) is 0 Å². The number of oxazole rings is 1. The van der Waals surface area contributed by atoms with Gasteiger partial charge in [-0.15, -0.1) is 0 Å². The predicted octanol–water partition coefficient (Wildman–Crippen LogP) is 2.05. The molecule has 1 atom stereocenters. The van der Waals surface area contributed by atoms with Gasteiger partial charge in [-0.3, -0.25) is 4.98 Å². The fourth-order valence-electron chi connectivity index (χ4n) is 2.03. The van der Waals surface area contributed by atoms with Gasteiger partial charge in [0.25, 0.3) is 0 Å². The van der Waals surface area contributed by atoms with Gasteiger partial charge in [-0.1, -0.05) is 6.92 Å². The van der Waals surface area contributed by atoms with Gasteiger partial charge < -0.3 is 9.73 Å². The smallest absolute Gasteiger partial charge is 0.211 e. The number of nitrogens with zero attached hydrogens (tertiary/aromatic N) is 4. The van der Waals surface area contributed by atoms with Crippen molar-refractivity contribution in [2.45, 2.75) is 19.9 Å². The van der Waals surface area contributed by atoms with Crippen molar-refractivity contribution in [2.75, 3.05) is 6.54 Å². The molecule has 3 aromatic rings. The molecule has 1 unspecified atom stereocenters. The van der Waals surface area contributed by atoms with E-state index in [1.807, 2.05) is 6.92 Å². The summed E-state index contributed by atoms with van der Waals surface area (Å²) in [6, 6.07) is 0.0960. The average molecular weight is 257 g/mol. The SMILES string of the molecule is CCNC(C)c1ncc(-c2cnn3ccncc23)o1. The molecule has 0 amide bonds. The summed E-state index contributed by atoms with van der Waals surface area (Å²) in [7, 11) is 0. The summed E-state index contributed by atoms with van der Waals surface area (Å²) < 4.78 is 7.56. The molecule has 0 bridgehead atoms. The van der Waals surface area contributed by atoms with E-state index < -0.39 is 0 Å². The van der Waals surface area contributed by atoms with Gasteiger partial charge in [0, 0.05) is 12.4 Å². The number of aromatic nitrogens is 4. The van der Waals surface area contributed by atoms with E-state index in [2.05, 4.69) is 27.3 Å². The van der Waals surface area contributed by atoms with Crippen molar-refractivity contribution < 1.29 is 4.42 Å². The van der Waals surface area contributed by atoms with Crippen LogP contribution >= 0.6 is 0 Å². The Labute approximate surface area is 110 Å². The summed E-state index contributed by atoms with van der Waals surface area (Å²) in [5.74, 6) is 1.39. The lowest BCUT2D eigenvalue weighted by atomic mass is 10.2. The zero-order chi connectivity index (χ0) is 13.2. The number of rotatable bonds is 4. The lowest BCUT2D eigenvalue weighted by Crippen LogP contribution is -2.17. The third-order valence-corrected chi connectivity index (χ3v) is 2.99. The van der Waals surface area contributed by atoms with Crippen LogP contribution in [0.15, 0.2) is 35.4 Å². The molecule has 0 aliphatic heterocycles. The zero-order valence-corrected chi connectivity index (χ0v) is 10.9. The van der Waals surface area contributed by atoms with E-state index in [4.69, 9.17) is 4.42 Å². The molecule has 0 spiro atoms. The highest BCUT2D eigenvalue weighted by Crippen LogP contribution is 2.26.